The summed E-state index contributed by atoms with van der Waals surface area (Å²) in [6, 6.07) is 0.717. The zero-order chi connectivity index (χ0) is 8.39. The van der Waals surface area contributed by atoms with Gasteiger partial charge in [-0.1, -0.05) is 6.92 Å². The van der Waals surface area contributed by atoms with Crippen molar-refractivity contribution in [3.63, 3.8) is 0 Å². The largest absolute Gasteiger partial charge is 0.307 e. The van der Waals surface area contributed by atoms with E-state index in [9.17, 15) is 0 Å². The van der Waals surface area contributed by atoms with Crippen molar-refractivity contribution in [2.24, 2.45) is 11.0 Å². The highest BCUT2D eigenvalue weighted by atomic mass is 15.3. The lowest BCUT2D eigenvalue weighted by atomic mass is 9.89. The summed E-state index contributed by atoms with van der Waals surface area (Å²) in [7, 11) is 0. The van der Waals surface area contributed by atoms with Crippen LogP contribution in [0.4, 0.5) is 0 Å². The maximum Gasteiger partial charge on any atom is 0.0441 e. The van der Waals surface area contributed by atoms with E-state index in [1.165, 1.54) is 44.2 Å². The lowest BCUT2D eigenvalue weighted by Gasteiger charge is -2.19. The Labute approximate surface area is 74.4 Å². The third-order valence-electron chi connectivity index (χ3n) is 2.73. The van der Waals surface area contributed by atoms with Gasteiger partial charge in [0.2, 0.25) is 0 Å². The number of nitrogens with one attached hydrogen (secondary N) is 1. The summed E-state index contributed by atoms with van der Waals surface area (Å²) in [4.78, 5) is 0. The number of hydrogen-bond donors (Lipinski definition) is 1. The monoisotopic (exact) mass is 166 g/mol. The second-order valence-electron chi connectivity index (χ2n) is 4.28. The minimum absolute atomic E-state index is 0.717. The zero-order valence-electron chi connectivity index (χ0n) is 7.84. The summed E-state index contributed by atoms with van der Waals surface area (Å²) in [6.45, 7) is 2.33. The normalized spacial score (nSPS) is 33.8. The number of nitrogens with zero attached hydrogens (tertiary/aromatic N) is 1. The zero-order valence-corrected chi connectivity index (χ0v) is 7.84. The first kappa shape index (κ1) is 8.09. The van der Waals surface area contributed by atoms with Crippen LogP contribution in [0.25, 0.3) is 0 Å². The van der Waals surface area contributed by atoms with Gasteiger partial charge in [0.25, 0.3) is 0 Å². The summed E-state index contributed by atoms with van der Waals surface area (Å²) in [5.74, 6) is 0.860. The molecule has 2 nitrogen and oxygen atoms in total. The summed E-state index contributed by atoms with van der Waals surface area (Å²) in [6.07, 6.45) is 7.83. The van der Waals surface area contributed by atoms with Crippen molar-refractivity contribution in [1.29, 1.82) is 0 Å². The molecular weight excluding hydrogens is 148 g/mol. The van der Waals surface area contributed by atoms with Crippen LogP contribution in [0.15, 0.2) is 5.10 Å². The first-order chi connectivity index (χ1) is 5.84. The Bertz CT molecular complexity index is 182. The molecule has 68 valence electrons. The molecule has 2 aliphatic rings. The molecule has 12 heavy (non-hydrogen) atoms. The molecule has 2 rings (SSSR count). The van der Waals surface area contributed by atoms with Crippen LogP contribution in [-0.4, -0.2) is 11.8 Å². The van der Waals surface area contributed by atoms with Crippen molar-refractivity contribution in [3.05, 3.63) is 0 Å². The molecule has 0 aliphatic heterocycles. The summed E-state index contributed by atoms with van der Waals surface area (Å²) in [5.41, 5.74) is 4.64. The van der Waals surface area contributed by atoms with E-state index in [1.807, 2.05) is 0 Å². The van der Waals surface area contributed by atoms with E-state index >= 15 is 0 Å². The fourth-order valence-corrected chi connectivity index (χ4v) is 1.76. The van der Waals surface area contributed by atoms with Gasteiger partial charge in [0, 0.05) is 11.8 Å². The second kappa shape index (κ2) is 3.46. The summed E-state index contributed by atoms with van der Waals surface area (Å²) >= 11 is 0. The molecule has 0 bridgehead atoms. The molecule has 1 atom stereocenters. The predicted octanol–water partition coefficient (Wildman–Crippen LogP) is 2.30. The standard InChI is InChI=1S/C10H18N2/c1-8-3-2-4-10(7-8)12-11-9-5-6-9/h8-9,11H,2-7H2,1H3/b12-10-. The maximum absolute atomic E-state index is 4.46. The number of hydrazone groups is 1. The third kappa shape index (κ3) is 2.23. The van der Waals surface area contributed by atoms with Crippen molar-refractivity contribution in [2.45, 2.75) is 51.5 Å². The van der Waals surface area contributed by atoms with Crippen molar-refractivity contribution in [3.8, 4) is 0 Å². The smallest absolute Gasteiger partial charge is 0.0441 e. The molecule has 0 amide bonds. The Balaban J connectivity index is 1.79. The lowest BCUT2D eigenvalue weighted by molar-refractivity contribution is 0.496. The molecule has 2 heteroatoms. The minimum atomic E-state index is 0.717. The highest BCUT2D eigenvalue weighted by molar-refractivity contribution is 5.85. The SMILES string of the molecule is CC1CCC/C(=N/NC2CC2)C1. The first-order valence-electron chi connectivity index (χ1n) is 5.15. The number of rotatable bonds is 2. The molecule has 2 fully saturated rings. The van der Waals surface area contributed by atoms with E-state index in [2.05, 4.69) is 17.5 Å². The Morgan fingerprint density at radius 3 is 2.83 bits per heavy atom. The number of hydrogen-bond acceptors (Lipinski definition) is 2. The molecule has 0 aromatic rings. The Morgan fingerprint density at radius 1 is 1.33 bits per heavy atom. The van der Waals surface area contributed by atoms with E-state index < -0.39 is 0 Å². The van der Waals surface area contributed by atoms with E-state index in [0.29, 0.717) is 0 Å². The van der Waals surface area contributed by atoms with E-state index in [0.717, 1.165) is 12.0 Å². The van der Waals surface area contributed by atoms with Gasteiger partial charge in [-0.25, -0.2) is 0 Å². The predicted molar refractivity (Wildman–Crippen MR) is 51.2 cm³/mol. The Kier molecular flexibility index (Phi) is 2.33. The molecule has 0 aromatic carbocycles. The fourth-order valence-electron chi connectivity index (χ4n) is 1.76. The van der Waals surface area contributed by atoms with Gasteiger partial charge >= 0.3 is 0 Å². The van der Waals surface area contributed by atoms with E-state index in [4.69, 9.17) is 0 Å². The van der Waals surface area contributed by atoms with E-state index in [-0.39, 0.29) is 0 Å². The minimum Gasteiger partial charge on any atom is -0.307 e. The Morgan fingerprint density at radius 2 is 2.17 bits per heavy atom. The second-order valence-corrected chi connectivity index (χ2v) is 4.28. The highest BCUT2D eigenvalue weighted by Crippen LogP contribution is 2.22. The van der Waals surface area contributed by atoms with Crippen molar-refractivity contribution < 1.29 is 0 Å². The van der Waals surface area contributed by atoms with Crippen molar-refractivity contribution in [1.82, 2.24) is 5.43 Å². The van der Waals surface area contributed by atoms with Crippen molar-refractivity contribution >= 4 is 5.71 Å². The van der Waals surface area contributed by atoms with Crippen molar-refractivity contribution in [2.75, 3.05) is 0 Å². The van der Waals surface area contributed by atoms with E-state index in [1.54, 1.807) is 0 Å². The van der Waals surface area contributed by atoms with Crippen LogP contribution in [0.5, 0.6) is 0 Å². The Hall–Kier alpha value is -0.530. The van der Waals surface area contributed by atoms with Crippen LogP contribution < -0.4 is 5.43 Å². The van der Waals surface area contributed by atoms with Gasteiger partial charge in [0.15, 0.2) is 0 Å². The van der Waals surface area contributed by atoms with Gasteiger partial charge in [-0.2, -0.15) is 5.10 Å². The molecule has 0 radical (unpaired) electrons. The van der Waals surface area contributed by atoms with Crippen LogP contribution in [0.3, 0.4) is 0 Å². The summed E-state index contributed by atoms with van der Waals surface area (Å²) < 4.78 is 0. The van der Waals surface area contributed by atoms with Gasteiger partial charge < -0.3 is 5.43 Å². The molecule has 2 saturated carbocycles. The van der Waals surface area contributed by atoms with Crippen LogP contribution in [0.2, 0.25) is 0 Å². The summed E-state index contributed by atoms with van der Waals surface area (Å²) in [5, 5.41) is 4.46. The molecule has 1 N–H and O–H groups in total. The molecule has 0 spiro atoms. The van der Waals surface area contributed by atoms with Gasteiger partial charge in [-0.15, -0.1) is 0 Å². The fraction of sp³-hybridized carbons (Fsp3) is 0.900. The average molecular weight is 166 g/mol. The third-order valence-corrected chi connectivity index (χ3v) is 2.73. The molecular formula is C10H18N2. The highest BCUT2D eigenvalue weighted by Gasteiger charge is 2.21. The van der Waals surface area contributed by atoms with Crippen LogP contribution in [0.1, 0.15) is 45.4 Å². The topological polar surface area (TPSA) is 24.4 Å². The van der Waals surface area contributed by atoms with Crippen LogP contribution >= 0.6 is 0 Å². The average Bonchev–Trinajstić information content (AvgIpc) is 2.84. The van der Waals surface area contributed by atoms with Gasteiger partial charge in [-0.3, -0.25) is 0 Å². The first-order valence-corrected chi connectivity index (χ1v) is 5.15. The maximum atomic E-state index is 4.46. The molecule has 1 unspecified atom stereocenters. The van der Waals surface area contributed by atoms with Gasteiger partial charge in [-0.05, 0) is 44.4 Å². The van der Waals surface area contributed by atoms with Crippen LogP contribution in [0, 0.1) is 5.92 Å². The molecule has 0 saturated heterocycles. The quantitative estimate of drug-likeness (QED) is 0.625. The molecule has 0 heterocycles. The van der Waals surface area contributed by atoms with Gasteiger partial charge in [0.1, 0.15) is 0 Å². The molecule has 2 aliphatic carbocycles. The molecule has 0 aromatic heterocycles. The lowest BCUT2D eigenvalue weighted by Crippen LogP contribution is -2.18. The van der Waals surface area contributed by atoms with Gasteiger partial charge in [0.05, 0.1) is 0 Å². The van der Waals surface area contributed by atoms with Crippen LogP contribution in [-0.2, 0) is 0 Å².